The number of hydrogen-bond acceptors (Lipinski definition) is 3. The Morgan fingerprint density at radius 1 is 1.04 bits per heavy atom. The first-order valence-corrected chi connectivity index (χ1v) is 10.0. The number of fused-ring (bicyclic) bond motifs is 1. The topological polar surface area (TPSA) is 46.1 Å². The number of aromatic nitrogens is 2. The molecule has 0 spiro atoms. The quantitative estimate of drug-likeness (QED) is 0.496. The molecular formula is C22H24BrN3O. The van der Waals surface area contributed by atoms with Gasteiger partial charge < -0.3 is 4.90 Å². The highest BCUT2D eigenvalue weighted by Gasteiger charge is 2.12. The summed E-state index contributed by atoms with van der Waals surface area (Å²) in [4.78, 5) is 23.3. The zero-order valence-corrected chi connectivity index (χ0v) is 17.4. The molecule has 0 fully saturated rings. The van der Waals surface area contributed by atoms with Crippen LogP contribution in [0.2, 0.25) is 0 Å². The Labute approximate surface area is 168 Å². The van der Waals surface area contributed by atoms with E-state index >= 15 is 0 Å². The number of carbonyl (C=O) groups excluding carboxylic acids is 1. The Balaban J connectivity index is 1.49. The number of rotatable bonds is 7. The van der Waals surface area contributed by atoms with Gasteiger partial charge >= 0.3 is 0 Å². The SMILES string of the molecule is Cc1nc(CN(C)C(=O)CCCCc2ccc(Br)cc2)nc2ccccc12. The highest BCUT2D eigenvalue weighted by atomic mass is 79.9. The minimum atomic E-state index is 0.139. The van der Waals surface area contributed by atoms with Gasteiger partial charge in [-0.2, -0.15) is 0 Å². The van der Waals surface area contributed by atoms with Gasteiger partial charge in [0.05, 0.1) is 12.1 Å². The van der Waals surface area contributed by atoms with Crippen LogP contribution < -0.4 is 0 Å². The van der Waals surface area contributed by atoms with Crippen molar-refractivity contribution >= 4 is 32.7 Å². The summed E-state index contributed by atoms with van der Waals surface area (Å²) in [7, 11) is 1.82. The zero-order chi connectivity index (χ0) is 19.2. The van der Waals surface area contributed by atoms with Crippen LogP contribution in [0.15, 0.2) is 53.0 Å². The van der Waals surface area contributed by atoms with Crippen molar-refractivity contribution in [1.82, 2.24) is 14.9 Å². The first-order chi connectivity index (χ1) is 13.0. The van der Waals surface area contributed by atoms with Gasteiger partial charge in [0, 0.05) is 29.0 Å². The summed E-state index contributed by atoms with van der Waals surface area (Å²) in [5, 5.41) is 1.06. The molecule has 0 aliphatic rings. The van der Waals surface area contributed by atoms with Gasteiger partial charge in [-0.3, -0.25) is 4.79 Å². The van der Waals surface area contributed by atoms with Crippen LogP contribution in [-0.2, 0) is 17.8 Å². The predicted molar refractivity (Wildman–Crippen MR) is 112 cm³/mol. The van der Waals surface area contributed by atoms with E-state index in [1.54, 1.807) is 4.90 Å². The molecule has 2 aromatic carbocycles. The molecule has 1 amide bonds. The van der Waals surface area contributed by atoms with Crippen LogP contribution in [0.5, 0.6) is 0 Å². The molecule has 0 saturated carbocycles. The van der Waals surface area contributed by atoms with Crippen LogP contribution >= 0.6 is 15.9 Å². The Morgan fingerprint density at radius 3 is 2.56 bits per heavy atom. The third-order valence-corrected chi connectivity index (χ3v) is 5.19. The van der Waals surface area contributed by atoms with Crippen molar-refractivity contribution in [1.29, 1.82) is 0 Å². The lowest BCUT2D eigenvalue weighted by Crippen LogP contribution is -2.27. The maximum Gasteiger partial charge on any atom is 0.222 e. The molecule has 0 N–H and O–H groups in total. The summed E-state index contributed by atoms with van der Waals surface area (Å²) in [5.74, 6) is 0.831. The average molecular weight is 426 g/mol. The zero-order valence-electron chi connectivity index (χ0n) is 15.8. The van der Waals surface area contributed by atoms with Crippen LogP contribution in [0, 0.1) is 6.92 Å². The summed E-state index contributed by atoms with van der Waals surface area (Å²) in [6.45, 7) is 2.43. The van der Waals surface area contributed by atoms with Gasteiger partial charge in [0.2, 0.25) is 5.91 Å². The Morgan fingerprint density at radius 2 is 1.78 bits per heavy atom. The Bertz CT molecular complexity index is 924. The Kier molecular flexibility index (Phi) is 6.56. The van der Waals surface area contributed by atoms with Crippen molar-refractivity contribution in [3.63, 3.8) is 0 Å². The van der Waals surface area contributed by atoms with Gasteiger partial charge in [-0.1, -0.05) is 46.3 Å². The molecule has 0 aliphatic carbocycles. The molecule has 0 radical (unpaired) electrons. The number of halogens is 1. The maximum absolute atomic E-state index is 12.4. The van der Waals surface area contributed by atoms with Crippen molar-refractivity contribution in [3.05, 3.63) is 70.1 Å². The molecular weight excluding hydrogens is 402 g/mol. The van der Waals surface area contributed by atoms with Gasteiger partial charge in [0.25, 0.3) is 0 Å². The molecule has 0 atom stereocenters. The predicted octanol–water partition coefficient (Wildman–Crippen LogP) is 5.07. The summed E-state index contributed by atoms with van der Waals surface area (Å²) in [6, 6.07) is 16.3. The molecule has 3 rings (SSSR count). The van der Waals surface area contributed by atoms with Gasteiger partial charge in [0.15, 0.2) is 0 Å². The lowest BCUT2D eigenvalue weighted by Gasteiger charge is -2.17. The minimum Gasteiger partial charge on any atom is -0.338 e. The molecule has 27 heavy (non-hydrogen) atoms. The van der Waals surface area contributed by atoms with Crippen LogP contribution in [0.25, 0.3) is 10.9 Å². The van der Waals surface area contributed by atoms with E-state index in [1.807, 2.05) is 38.2 Å². The number of unbranched alkanes of at least 4 members (excludes halogenated alkanes) is 1. The van der Waals surface area contributed by atoms with Crippen LogP contribution in [-0.4, -0.2) is 27.8 Å². The monoisotopic (exact) mass is 425 g/mol. The van der Waals surface area contributed by atoms with E-state index in [0.717, 1.165) is 40.3 Å². The second-order valence-corrected chi connectivity index (χ2v) is 7.74. The molecule has 1 aromatic heterocycles. The van der Waals surface area contributed by atoms with Crippen molar-refractivity contribution in [2.75, 3.05) is 7.05 Å². The maximum atomic E-state index is 12.4. The lowest BCUT2D eigenvalue weighted by atomic mass is 10.1. The second-order valence-electron chi connectivity index (χ2n) is 6.83. The first kappa shape index (κ1) is 19.5. The standard InChI is InChI=1S/C22H24BrN3O/c1-16-19-8-4-5-9-20(19)25-21(24-16)15-26(2)22(27)10-6-3-7-17-11-13-18(23)14-12-17/h4-5,8-9,11-14H,3,6-7,10,15H2,1-2H3. The largest absolute Gasteiger partial charge is 0.338 e. The van der Waals surface area contributed by atoms with E-state index in [9.17, 15) is 4.79 Å². The molecule has 0 aliphatic heterocycles. The minimum absolute atomic E-state index is 0.139. The fourth-order valence-electron chi connectivity index (χ4n) is 3.11. The van der Waals surface area contributed by atoms with E-state index in [4.69, 9.17) is 0 Å². The molecule has 140 valence electrons. The average Bonchev–Trinajstić information content (AvgIpc) is 2.66. The molecule has 0 saturated heterocycles. The molecule has 0 unspecified atom stereocenters. The highest BCUT2D eigenvalue weighted by Crippen LogP contribution is 2.16. The van der Waals surface area contributed by atoms with Gasteiger partial charge in [-0.25, -0.2) is 9.97 Å². The molecule has 4 nitrogen and oxygen atoms in total. The van der Waals surface area contributed by atoms with E-state index in [1.165, 1.54) is 5.56 Å². The van der Waals surface area contributed by atoms with Crippen molar-refractivity contribution in [2.24, 2.45) is 0 Å². The van der Waals surface area contributed by atoms with E-state index in [2.05, 4.69) is 50.2 Å². The van der Waals surface area contributed by atoms with Crippen molar-refractivity contribution in [2.45, 2.75) is 39.2 Å². The van der Waals surface area contributed by atoms with Crippen LogP contribution in [0.1, 0.15) is 36.3 Å². The van der Waals surface area contributed by atoms with E-state index in [0.29, 0.717) is 18.8 Å². The number of carbonyl (C=O) groups is 1. The molecule has 3 aromatic rings. The third-order valence-electron chi connectivity index (χ3n) is 4.66. The molecule has 1 heterocycles. The number of hydrogen-bond donors (Lipinski definition) is 0. The van der Waals surface area contributed by atoms with Gasteiger partial charge in [-0.05, 0) is 49.9 Å². The summed E-state index contributed by atoms with van der Waals surface area (Å²) in [5.41, 5.74) is 3.18. The number of nitrogens with zero attached hydrogens (tertiary/aromatic N) is 3. The van der Waals surface area contributed by atoms with Gasteiger partial charge in [0.1, 0.15) is 5.82 Å². The summed E-state index contributed by atoms with van der Waals surface area (Å²) in [6.07, 6.45) is 3.44. The van der Waals surface area contributed by atoms with Crippen molar-refractivity contribution in [3.8, 4) is 0 Å². The normalized spacial score (nSPS) is 10.9. The van der Waals surface area contributed by atoms with Crippen LogP contribution in [0.4, 0.5) is 0 Å². The van der Waals surface area contributed by atoms with E-state index < -0.39 is 0 Å². The second kappa shape index (κ2) is 9.09. The van der Waals surface area contributed by atoms with E-state index in [-0.39, 0.29) is 5.91 Å². The lowest BCUT2D eigenvalue weighted by molar-refractivity contribution is -0.130. The smallest absolute Gasteiger partial charge is 0.222 e. The number of para-hydroxylation sites is 1. The first-order valence-electron chi connectivity index (χ1n) is 9.23. The fourth-order valence-corrected chi connectivity index (χ4v) is 3.38. The number of benzene rings is 2. The molecule has 0 bridgehead atoms. The number of amides is 1. The Hall–Kier alpha value is -2.27. The van der Waals surface area contributed by atoms with Gasteiger partial charge in [-0.15, -0.1) is 0 Å². The summed E-state index contributed by atoms with van der Waals surface area (Å²) >= 11 is 3.45. The molecule has 5 heteroatoms. The number of aryl methyl sites for hydroxylation is 2. The third kappa shape index (κ3) is 5.36. The van der Waals surface area contributed by atoms with Crippen molar-refractivity contribution < 1.29 is 4.79 Å². The van der Waals surface area contributed by atoms with Crippen LogP contribution in [0.3, 0.4) is 0 Å². The summed E-state index contributed by atoms with van der Waals surface area (Å²) < 4.78 is 1.09. The highest BCUT2D eigenvalue weighted by molar-refractivity contribution is 9.10. The fraction of sp³-hybridized carbons (Fsp3) is 0.318.